The highest BCUT2D eigenvalue weighted by atomic mass is 32.2. The van der Waals surface area contributed by atoms with Gasteiger partial charge in [0.2, 0.25) is 10.0 Å². The molecule has 0 atom stereocenters. The molecule has 0 bridgehead atoms. The predicted octanol–water partition coefficient (Wildman–Crippen LogP) is 0.938. The standard InChI is InChI=1S/C24H31N5O7S/c1-4-36-21(31)13-27-23(32)24(33)29-18-11-16(14(2)3)6-5-15(18)9-10-28-37(34,35)20-12-17(22(25)26)7-8-19(20)30/h5-8,11-12,14,28,30H,4,9-10,13H2,1-3H3,(H3,25,26)(H,27,32)(H,29,33). The molecule has 0 saturated heterocycles. The molecule has 0 heterocycles. The molecule has 7 N–H and O–H groups in total. The maximum absolute atomic E-state index is 12.7. The minimum Gasteiger partial charge on any atom is -0.507 e. The van der Waals surface area contributed by atoms with Crippen LogP contribution < -0.4 is 21.1 Å². The molecule has 200 valence electrons. The van der Waals surface area contributed by atoms with Crippen molar-refractivity contribution in [3.05, 3.63) is 53.1 Å². The van der Waals surface area contributed by atoms with E-state index in [1.165, 1.54) is 6.07 Å². The lowest BCUT2D eigenvalue weighted by Gasteiger charge is -2.15. The van der Waals surface area contributed by atoms with Crippen LogP contribution in [0.5, 0.6) is 5.75 Å². The number of esters is 1. The van der Waals surface area contributed by atoms with Gasteiger partial charge < -0.3 is 26.2 Å². The molecule has 0 radical (unpaired) electrons. The number of nitrogens with one attached hydrogen (secondary N) is 4. The third-order valence-corrected chi connectivity index (χ3v) is 6.69. The molecular weight excluding hydrogens is 502 g/mol. The summed E-state index contributed by atoms with van der Waals surface area (Å²) < 4.78 is 32.6. The van der Waals surface area contributed by atoms with Crippen molar-refractivity contribution in [2.45, 2.75) is 38.0 Å². The number of carbonyl (C=O) groups is 3. The van der Waals surface area contributed by atoms with Gasteiger partial charge in [0.15, 0.2) is 0 Å². The summed E-state index contributed by atoms with van der Waals surface area (Å²) in [5.74, 6) is -3.46. The maximum Gasteiger partial charge on any atom is 0.325 e. The van der Waals surface area contributed by atoms with E-state index < -0.39 is 45.0 Å². The Morgan fingerprint density at radius 3 is 2.43 bits per heavy atom. The molecular formula is C24H31N5O7S. The molecule has 0 aromatic heterocycles. The minimum absolute atomic E-state index is 0.106. The Hall–Kier alpha value is -3.97. The van der Waals surface area contributed by atoms with Crippen molar-refractivity contribution in [3.63, 3.8) is 0 Å². The highest BCUT2D eigenvalue weighted by Crippen LogP contribution is 2.25. The number of amidine groups is 1. The molecule has 2 aromatic rings. The lowest BCUT2D eigenvalue weighted by molar-refractivity contribution is -0.144. The molecule has 12 nitrogen and oxygen atoms in total. The fraction of sp³-hybridized carbons (Fsp3) is 0.333. The zero-order chi connectivity index (χ0) is 27.8. The average Bonchev–Trinajstić information content (AvgIpc) is 2.83. The van der Waals surface area contributed by atoms with Gasteiger partial charge in [-0.15, -0.1) is 0 Å². The Morgan fingerprint density at radius 1 is 1.11 bits per heavy atom. The molecule has 2 rings (SSSR count). The molecule has 2 amide bonds. The van der Waals surface area contributed by atoms with Crippen LogP contribution in [0.1, 0.15) is 43.4 Å². The zero-order valence-electron chi connectivity index (χ0n) is 20.8. The molecule has 0 aliphatic rings. The van der Waals surface area contributed by atoms with E-state index in [0.29, 0.717) is 11.3 Å². The second-order valence-electron chi connectivity index (χ2n) is 8.26. The number of benzene rings is 2. The van der Waals surface area contributed by atoms with Crippen LogP contribution in [0.15, 0.2) is 41.3 Å². The van der Waals surface area contributed by atoms with E-state index in [1.807, 2.05) is 19.9 Å². The van der Waals surface area contributed by atoms with E-state index in [-0.39, 0.29) is 36.9 Å². The van der Waals surface area contributed by atoms with Crippen molar-refractivity contribution < 1.29 is 32.6 Å². The van der Waals surface area contributed by atoms with Gasteiger partial charge in [-0.3, -0.25) is 19.8 Å². The zero-order valence-corrected chi connectivity index (χ0v) is 21.6. The summed E-state index contributed by atoms with van der Waals surface area (Å²) in [6.07, 6.45) is 0.130. The minimum atomic E-state index is -4.16. The van der Waals surface area contributed by atoms with Crippen LogP contribution in [0.25, 0.3) is 0 Å². The van der Waals surface area contributed by atoms with Gasteiger partial charge in [0.25, 0.3) is 0 Å². The van der Waals surface area contributed by atoms with Crippen molar-refractivity contribution in [3.8, 4) is 5.75 Å². The number of hydrogen-bond acceptors (Lipinski definition) is 8. The predicted molar refractivity (Wildman–Crippen MR) is 137 cm³/mol. The molecule has 37 heavy (non-hydrogen) atoms. The SMILES string of the molecule is CCOC(=O)CNC(=O)C(=O)Nc1cc(C(C)C)ccc1CCNS(=O)(=O)c1cc(C(=N)N)ccc1O. The number of nitrogens with two attached hydrogens (primary N) is 1. The van der Waals surface area contributed by atoms with Crippen LogP contribution in [0, 0.1) is 5.41 Å². The van der Waals surface area contributed by atoms with E-state index >= 15 is 0 Å². The number of amides is 2. The Labute approximate surface area is 215 Å². The lowest BCUT2D eigenvalue weighted by atomic mass is 9.99. The number of hydrogen-bond donors (Lipinski definition) is 6. The van der Waals surface area contributed by atoms with Gasteiger partial charge in [0, 0.05) is 17.8 Å². The smallest absolute Gasteiger partial charge is 0.325 e. The summed E-state index contributed by atoms with van der Waals surface area (Å²) in [5.41, 5.74) is 7.27. The number of carbonyl (C=O) groups excluding carboxylic acids is 3. The van der Waals surface area contributed by atoms with E-state index in [0.717, 1.165) is 17.7 Å². The monoisotopic (exact) mass is 533 g/mol. The number of ether oxygens (including phenoxy) is 1. The van der Waals surface area contributed by atoms with E-state index in [1.54, 1.807) is 19.1 Å². The average molecular weight is 534 g/mol. The number of rotatable bonds is 11. The van der Waals surface area contributed by atoms with E-state index in [9.17, 15) is 27.9 Å². The normalized spacial score (nSPS) is 11.1. The van der Waals surface area contributed by atoms with Crippen molar-refractivity contribution >= 4 is 39.3 Å². The number of anilines is 1. The number of aromatic hydroxyl groups is 1. The van der Waals surface area contributed by atoms with Crippen molar-refractivity contribution in [2.75, 3.05) is 25.0 Å². The number of phenols is 1. The topological polar surface area (TPSA) is 201 Å². The number of nitrogen functional groups attached to an aromatic ring is 1. The van der Waals surface area contributed by atoms with Crippen molar-refractivity contribution in [1.29, 1.82) is 5.41 Å². The first-order valence-corrected chi connectivity index (χ1v) is 12.9. The first kappa shape index (κ1) is 29.3. The highest BCUT2D eigenvalue weighted by molar-refractivity contribution is 7.89. The summed E-state index contributed by atoms with van der Waals surface area (Å²) in [5, 5.41) is 22.2. The third kappa shape index (κ3) is 8.29. The van der Waals surface area contributed by atoms with Crippen LogP contribution >= 0.6 is 0 Å². The molecule has 0 aliphatic heterocycles. The van der Waals surface area contributed by atoms with Crippen LogP contribution in [0.3, 0.4) is 0 Å². The van der Waals surface area contributed by atoms with Gasteiger partial charge in [0.1, 0.15) is 23.0 Å². The Balaban J connectivity index is 2.16. The number of sulfonamides is 1. The molecule has 2 aromatic carbocycles. The Bertz CT molecular complexity index is 1290. The van der Waals surface area contributed by atoms with Gasteiger partial charge in [-0.2, -0.15) is 0 Å². The van der Waals surface area contributed by atoms with Gasteiger partial charge in [-0.1, -0.05) is 26.0 Å². The molecule has 0 saturated carbocycles. The fourth-order valence-electron chi connectivity index (χ4n) is 3.21. The first-order valence-electron chi connectivity index (χ1n) is 11.4. The largest absolute Gasteiger partial charge is 0.507 e. The second kappa shape index (κ2) is 12.8. The summed E-state index contributed by atoms with van der Waals surface area (Å²) in [6.45, 7) is 5.08. The second-order valence-corrected chi connectivity index (χ2v) is 9.99. The Kier molecular flexibility index (Phi) is 10.1. The van der Waals surface area contributed by atoms with Gasteiger partial charge in [-0.05, 0) is 54.7 Å². The van der Waals surface area contributed by atoms with Crippen molar-refractivity contribution in [2.24, 2.45) is 5.73 Å². The van der Waals surface area contributed by atoms with Crippen molar-refractivity contribution in [1.82, 2.24) is 10.0 Å². The van der Waals surface area contributed by atoms with Crippen LogP contribution in [0.4, 0.5) is 5.69 Å². The highest BCUT2D eigenvalue weighted by Gasteiger charge is 2.21. The number of phenolic OH excluding ortho intramolecular Hbond substituents is 1. The van der Waals surface area contributed by atoms with E-state index in [2.05, 4.69) is 15.4 Å². The molecule has 0 unspecified atom stereocenters. The first-order chi connectivity index (χ1) is 17.4. The molecule has 0 spiro atoms. The Morgan fingerprint density at radius 2 is 1.81 bits per heavy atom. The van der Waals surface area contributed by atoms with Gasteiger partial charge >= 0.3 is 17.8 Å². The summed E-state index contributed by atoms with van der Waals surface area (Å²) in [7, 11) is -4.16. The summed E-state index contributed by atoms with van der Waals surface area (Å²) in [4.78, 5) is 35.5. The van der Waals surface area contributed by atoms with E-state index in [4.69, 9.17) is 15.9 Å². The van der Waals surface area contributed by atoms with Crippen LogP contribution in [-0.2, 0) is 35.6 Å². The van der Waals surface area contributed by atoms with Gasteiger partial charge in [0.05, 0.1) is 6.61 Å². The maximum atomic E-state index is 12.7. The molecule has 0 fully saturated rings. The van der Waals surface area contributed by atoms with Crippen LogP contribution in [0.2, 0.25) is 0 Å². The van der Waals surface area contributed by atoms with Crippen LogP contribution in [-0.4, -0.2) is 56.8 Å². The lowest BCUT2D eigenvalue weighted by Crippen LogP contribution is -2.39. The fourth-order valence-corrected chi connectivity index (χ4v) is 4.36. The quantitative estimate of drug-likeness (QED) is 0.106. The molecule has 13 heteroatoms. The van der Waals surface area contributed by atoms with Gasteiger partial charge in [-0.25, -0.2) is 13.1 Å². The summed E-state index contributed by atoms with van der Waals surface area (Å²) in [6, 6.07) is 8.78. The third-order valence-electron chi connectivity index (χ3n) is 5.20. The summed E-state index contributed by atoms with van der Waals surface area (Å²) >= 11 is 0. The molecule has 0 aliphatic carbocycles.